The van der Waals surface area contributed by atoms with E-state index in [2.05, 4.69) is 41.8 Å². The van der Waals surface area contributed by atoms with E-state index in [4.69, 9.17) is 5.73 Å². The van der Waals surface area contributed by atoms with Crippen molar-refractivity contribution in [2.75, 3.05) is 17.6 Å². The number of aliphatic hydroxyl groups is 1. The van der Waals surface area contributed by atoms with E-state index in [1.54, 1.807) is 0 Å². The van der Waals surface area contributed by atoms with E-state index in [1.807, 2.05) is 18.2 Å². The summed E-state index contributed by atoms with van der Waals surface area (Å²) >= 11 is 2.24. The predicted molar refractivity (Wildman–Crippen MR) is 89.3 cm³/mol. The number of anilines is 2. The number of halogens is 1. The van der Waals surface area contributed by atoms with Gasteiger partial charge in [-0.05, 0) is 71.9 Å². The molecule has 19 heavy (non-hydrogen) atoms. The Hall–Kier alpha value is -0.490. The Morgan fingerprint density at radius 2 is 1.89 bits per heavy atom. The highest BCUT2D eigenvalue weighted by atomic mass is 127. The summed E-state index contributed by atoms with van der Waals surface area (Å²) in [5.41, 5.74) is 7.41. The molecule has 1 aliphatic carbocycles. The fraction of sp³-hybridized carbons (Fsp3) is 0.600. The van der Waals surface area contributed by atoms with Crippen molar-refractivity contribution < 1.29 is 5.11 Å². The van der Waals surface area contributed by atoms with Crippen LogP contribution in [0.4, 0.5) is 11.4 Å². The largest absolute Gasteiger partial charge is 0.397 e. The van der Waals surface area contributed by atoms with Crippen LogP contribution >= 0.6 is 22.6 Å². The molecule has 106 valence electrons. The highest BCUT2D eigenvalue weighted by molar-refractivity contribution is 14.1. The molecule has 1 aliphatic rings. The zero-order chi connectivity index (χ0) is 14.1. The lowest BCUT2D eigenvalue weighted by Crippen LogP contribution is -2.42. The van der Waals surface area contributed by atoms with Crippen LogP contribution in [0.5, 0.6) is 0 Å². The molecular formula is C15H23IN2O. The smallest absolute Gasteiger partial charge is 0.0819 e. The van der Waals surface area contributed by atoms with Gasteiger partial charge in [0.15, 0.2) is 0 Å². The van der Waals surface area contributed by atoms with E-state index in [-0.39, 0.29) is 0 Å². The fourth-order valence-electron chi connectivity index (χ4n) is 2.52. The van der Waals surface area contributed by atoms with Crippen molar-refractivity contribution in [2.24, 2.45) is 5.41 Å². The first-order valence-electron chi connectivity index (χ1n) is 6.81. The molecule has 0 saturated heterocycles. The van der Waals surface area contributed by atoms with Gasteiger partial charge in [-0.2, -0.15) is 0 Å². The molecule has 4 heteroatoms. The van der Waals surface area contributed by atoms with Crippen molar-refractivity contribution in [1.82, 2.24) is 0 Å². The molecular weight excluding hydrogens is 351 g/mol. The predicted octanol–water partition coefficient (Wildman–Crippen LogP) is 3.62. The molecule has 3 nitrogen and oxygen atoms in total. The van der Waals surface area contributed by atoms with Crippen LogP contribution in [-0.2, 0) is 0 Å². The lowest BCUT2D eigenvalue weighted by Gasteiger charge is -2.40. The van der Waals surface area contributed by atoms with Crippen molar-refractivity contribution in [3.05, 3.63) is 21.8 Å². The zero-order valence-electron chi connectivity index (χ0n) is 11.7. The summed E-state index contributed by atoms with van der Waals surface area (Å²) in [7, 11) is 0. The summed E-state index contributed by atoms with van der Waals surface area (Å²) in [6.45, 7) is 5.13. The average Bonchev–Trinajstić information content (AvgIpc) is 2.33. The second-order valence-electron chi connectivity index (χ2n) is 6.47. The van der Waals surface area contributed by atoms with Crippen molar-refractivity contribution in [3.8, 4) is 0 Å². The molecule has 1 aromatic carbocycles. The van der Waals surface area contributed by atoms with E-state index < -0.39 is 5.60 Å². The van der Waals surface area contributed by atoms with Crippen molar-refractivity contribution in [1.29, 1.82) is 0 Å². The number of benzene rings is 1. The van der Waals surface area contributed by atoms with E-state index in [9.17, 15) is 5.11 Å². The first kappa shape index (κ1) is 14.9. The standard InChI is InChI=1S/C15H23IN2O/c1-14(2)5-7-15(19,8-6-14)10-18-13-4-3-11(16)9-12(13)17/h3-4,9,18-19H,5-8,10,17H2,1-2H3. The van der Waals surface area contributed by atoms with Gasteiger partial charge in [0, 0.05) is 10.1 Å². The van der Waals surface area contributed by atoms with Gasteiger partial charge < -0.3 is 16.2 Å². The number of nitrogens with two attached hydrogens (primary N) is 1. The third-order valence-electron chi connectivity index (χ3n) is 4.16. The molecule has 4 N–H and O–H groups in total. The quantitative estimate of drug-likeness (QED) is 0.560. The first-order valence-corrected chi connectivity index (χ1v) is 7.89. The van der Waals surface area contributed by atoms with E-state index in [0.29, 0.717) is 12.0 Å². The molecule has 0 amide bonds. The number of rotatable bonds is 3. The summed E-state index contributed by atoms with van der Waals surface area (Å²) in [4.78, 5) is 0. The Balaban J connectivity index is 1.95. The third-order valence-corrected chi connectivity index (χ3v) is 4.83. The van der Waals surface area contributed by atoms with Gasteiger partial charge >= 0.3 is 0 Å². The van der Waals surface area contributed by atoms with Gasteiger partial charge in [-0.15, -0.1) is 0 Å². The summed E-state index contributed by atoms with van der Waals surface area (Å²) in [5, 5.41) is 13.9. The fourth-order valence-corrected chi connectivity index (χ4v) is 3.04. The van der Waals surface area contributed by atoms with Crippen molar-refractivity contribution in [2.45, 2.75) is 45.1 Å². The van der Waals surface area contributed by atoms with E-state index >= 15 is 0 Å². The van der Waals surface area contributed by atoms with Gasteiger partial charge in [0.25, 0.3) is 0 Å². The molecule has 2 rings (SSSR count). The van der Waals surface area contributed by atoms with Crippen molar-refractivity contribution in [3.63, 3.8) is 0 Å². The minimum absolute atomic E-state index is 0.369. The Bertz CT molecular complexity index is 449. The van der Waals surface area contributed by atoms with Gasteiger partial charge in [-0.25, -0.2) is 0 Å². The number of nitrogens with one attached hydrogen (secondary N) is 1. The van der Waals surface area contributed by atoms with Crippen LogP contribution in [0.1, 0.15) is 39.5 Å². The second kappa shape index (κ2) is 5.48. The molecule has 0 heterocycles. The monoisotopic (exact) mass is 374 g/mol. The van der Waals surface area contributed by atoms with Gasteiger partial charge in [0.1, 0.15) is 0 Å². The van der Waals surface area contributed by atoms with Crippen LogP contribution in [-0.4, -0.2) is 17.3 Å². The minimum atomic E-state index is -0.592. The summed E-state index contributed by atoms with van der Waals surface area (Å²) < 4.78 is 1.12. The van der Waals surface area contributed by atoms with Crippen LogP contribution in [0, 0.1) is 8.99 Å². The zero-order valence-corrected chi connectivity index (χ0v) is 13.8. The normalized spacial score (nSPS) is 21.1. The van der Waals surface area contributed by atoms with E-state index in [0.717, 1.165) is 40.6 Å². The second-order valence-corrected chi connectivity index (χ2v) is 7.72. The maximum absolute atomic E-state index is 10.6. The van der Waals surface area contributed by atoms with Gasteiger partial charge in [0.05, 0.1) is 17.0 Å². The van der Waals surface area contributed by atoms with Crippen LogP contribution in [0.2, 0.25) is 0 Å². The molecule has 1 aromatic rings. The Kier molecular flexibility index (Phi) is 4.30. The van der Waals surface area contributed by atoms with E-state index in [1.165, 1.54) is 0 Å². The lowest BCUT2D eigenvalue weighted by molar-refractivity contribution is -0.0145. The number of hydrogen-bond acceptors (Lipinski definition) is 3. The Morgan fingerprint density at radius 3 is 2.47 bits per heavy atom. The molecule has 0 bridgehead atoms. The number of nitrogen functional groups attached to an aromatic ring is 1. The molecule has 1 saturated carbocycles. The molecule has 0 unspecified atom stereocenters. The SMILES string of the molecule is CC1(C)CCC(O)(CNc2ccc(I)cc2N)CC1. The van der Waals surface area contributed by atoms with Gasteiger partial charge in [-0.1, -0.05) is 13.8 Å². The lowest BCUT2D eigenvalue weighted by atomic mass is 9.71. The first-order chi connectivity index (χ1) is 8.80. The van der Waals surface area contributed by atoms with Gasteiger partial charge in [-0.3, -0.25) is 0 Å². The van der Waals surface area contributed by atoms with Crippen LogP contribution < -0.4 is 11.1 Å². The summed E-state index contributed by atoms with van der Waals surface area (Å²) in [6.07, 6.45) is 3.87. The van der Waals surface area contributed by atoms with Crippen molar-refractivity contribution >= 4 is 34.0 Å². The minimum Gasteiger partial charge on any atom is -0.397 e. The third kappa shape index (κ3) is 3.99. The molecule has 0 atom stereocenters. The van der Waals surface area contributed by atoms with Gasteiger partial charge in [0.2, 0.25) is 0 Å². The van der Waals surface area contributed by atoms with Crippen LogP contribution in [0.3, 0.4) is 0 Å². The maximum Gasteiger partial charge on any atom is 0.0819 e. The average molecular weight is 374 g/mol. The molecule has 0 radical (unpaired) electrons. The molecule has 1 fully saturated rings. The highest BCUT2D eigenvalue weighted by Crippen LogP contribution is 2.40. The summed E-state index contributed by atoms with van der Waals surface area (Å²) in [6, 6.07) is 5.94. The highest BCUT2D eigenvalue weighted by Gasteiger charge is 2.36. The maximum atomic E-state index is 10.6. The van der Waals surface area contributed by atoms with Crippen LogP contribution in [0.15, 0.2) is 18.2 Å². The topological polar surface area (TPSA) is 58.3 Å². The molecule has 0 spiro atoms. The Morgan fingerprint density at radius 1 is 1.26 bits per heavy atom. The molecule has 0 aromatic heterocycles. The Labute approximate surface area is 129 Å². The van der Waals surface area contributed by atoms with Crippen LogP contribution in [0.25, 0.3) is 0 Å². The number of hydrogen-bond donors (Lipinski definition) is 3. The molecule has 0 aliphatic heterocycles. The summed E-state index contributed by atoms with van der Waals surface area (Å²) in [5.74, 6) is 0.